The lowest BCUT2D eigenvalue weighted by atomic mass is 10.1. The van der Waals surface area contributed by atoms with Crippen molar-refractivity contribution in [3.63, 3.8) is 0 Å². The molecule has 0 spiro atoms. The van der Waals surface area contributed by atoms with Crippen LogP contribution in [0, 0.1) is 6.92 Å². The highest BCUT2D eigenvalue weighted by Gasteiger charge is 2.23. The van der Waals surface area contributed by atoms with Crippen LogP contribution in [0.5, 0.6) is 0 Å². The van der Waals surface area contributed by atoms with E-state index in [-0.39, 0.29) is 18.0 Å². The Labute approximate surface area is 117 Å². The third-order valence-electron chi connectivity index (χ3n) is 2.86. The van der Waals surface area contributed by atoms with Crippen molar-refractivity contribution in [2.75, 3.05) is 13.2 Å². The molecule has 0 aliphatic rings. The number of nitrogens with zero attached hydrogens (tertiary/aromatic N) is 1. The third-order valence-corrected chi connectivity index (χ3v) is 2.86. The summed E-state index contributed by atoms with van der Waals surface area (Å²) in [7, 11) is 0. The van der Waals surface area contributed by atoms with Crippen LogP contribution in [0.4, 0.5) is 0 Å². The highest BCUT2D eigenvalue weighted by molar-refractivity contribution is 5.94. The molecule has 1 heterocycles. The summed E-state index contributed by atoms with van der Waals surface area (Å²) in [6, 6.07) is 0. The fourth-order valence-electron chi connectivity index (χ4n) is 1.56. The molecule has 112 valence electrons. The van der Waals surface area contributed by atoms with E-state index in [2.05, 4.69) is 15.3 Å². The molecule has 7 nitrogen and oxygen atoms in total. The van der Waals surface area contributed by atoms with Crippen LogP contribution >= 0.6 is 0 Å². The molecule has 1 rings (SSSR count). The summed E-state index contributed by atoms with van der Waals surface area (Å²) < 4.78 is 0. The molecule has 7 heteroatoms. The molecule has 20 heavy (non-hydrogen) atoms. The number of aromatic nitrogens is 2. The molecule has 0 saturated heterocycles. The van der Waals surface area contributed by atoms with Crippen molar-refractivity contribution in [3.05, 3.63) is 27.4 Å². The van der Waals surface area contributed by atoms with Crippen molar-refractivity contribution in [3.8, 4) is 0 Å². The number of hydrogen-bond acceptors (Lipinski definition) is 5. The fraction of sp³-hybridized carbons (Fsp3) is 0.615. The van der Waals surface area contributed by atoms with Gasteiger partial charge in [0.15, 0.2) is 0 Å². The molecule has 1 unspecified atom stereocenters. The number of nitrogens with one attached hydrogen (secondary N) is 2. The first-order chi connectivity index (χ1) is 9.18. The Kier molecular flexibility index (Phi) is 5.02. The van der Waals surface area contributed by atoms with E-state index in [1.807, 2.05) is 13.8 Å². The monoisotopic (exact) mass is 283 g/mol. The summed E-state index contributed by atoms with van der Waals surface area (Å²) in [6.07, 6.45) is 0. The second-order valence-corrected chi connectivity index (χ2v) is 5.40. The van der Waals surface area contributed by atoms with Crippen molar-refractivity contribution < 1.29 is 15.0 Å². The Hall–Kier alpha value is -1.73. The van der Waals surface area contributed by atoms with Crippen LogP contribution in [0.3, 0.4) is 0 Å². The third kappa shape index (κ3) is 3.88. The Balaban J connectivity index is 2.98. The number of carbonyl (C=O) groups excluding carboxylic acids is 1. The molecule has 0 fully saturated rings. The molecule has 1 amide bonds. The van der Waals surface area contributed by atoms with Gasteiger partial charge in [-0.15, -0.1) is 0 Å². The van der Waals surface area contributed by atoms with Crippen LogP contribution in [0.15, 0.2) is 4.79 Å². The zero-order valence-electron chi connectivity index (χ0n) is 12.1. The van der Waals surface area contributed by atoms with Gasteiger partial charge in [-0.05, 0) is 13.8 Å². The van der Waals surface area contributed by atoms with E-state index in [0.717, 1.165) is 0 Å². The highest BCUT2D eigenvalue weighted by Crippen LogP contribution is 2.09. The Bertz CT molecular complexity index is 549. The molecule has 0 bridgehead atoms. The fourth-order valence-corrected chi connectivity index (χ4v) is 1.56. The Morgan fingerprint density at radius 3 is 2.55 bits per heavy atom. The number of H-pyrrole nitrogens is 1. The molecule has 0 saturated carbocycles. The van der Waals surface area contributed by atoms with Crippen molar-refractivity contribution in [2.45, 2.75) is 39.2 Å². The van der Waals surface area contributed by atoms with E-state index >= 15 is 0 Å². The summed E-state index contributed by atoms with van der Waals surface area (Å²) in [5.74, 6) is -0.0553. The largest absolute Gasteiger partial charge is 0.393 e. The average molecular weight is 283 g/mol. The molecule has 0 aromatic carbocycles. The maximum atomic E-state index is 12.0. The highest BCUT2D eigenvalue weighted by atomic mass is 16.3. The lowest BCUT2D eigenvalue weighted by Crippen LogP contribution is -2.44. The molecule has 0 aliphatic carbocycles. The average Bonchev–Trinajstić information content (AvgIpc) is 2.35. The van der Waals surface area contributed by atoms with Gasteiger partial charge in [-0.2, -0.15) is 0 Å². The molecule has 4 N–H and O–H groups in total. The van der Waals surface area contributed by atoms with E-state index in [9.17, 15) is 14.7 Å². The van der Waals surface area contributed by atoms with Gasteiger partial charge in [0.05, 0.1) is 12.3 Å². The first-order valence-electron chi connectivity index (χ1n) is 6.40. The predicted octanol–water partition coefficient (Wildman–Crippen LogP) is -0.325. The standard InChI is InChI=1S/C13H21N3O4/c1-7(2)10-15-8(3)9(12(19)16-10)11(18)14-5-13(4,20)6-17/h7,17,20H,5-6H2,1-4H3,(H,14,18)(H,15,16,19). The number of carbonyl (C=O) groups is 1. The van der Waals surface area contributed by atoms with E-state index < -0.39 is 23.7 Å². The van der Waals surface area contributed by atoms with Crippen molar-refractivity contribution in [1.29, 1.82) is 0 Å². The topological polar surface area (TPSA) is 115 Å². The van der Waals surface area contributed by atoms with Gasteiger partial charge in [-0.3, -0.25) is 9.59 Å². The predicted molar refractivity (Wildman–Crippen MR) is 73.7 cm³/mol. The summed E-state index contributed by atoms with van der Waals surface area (Å²) >= 11 is 0. The molecule has 0 aliphatic heterocycles. The summed E-state index contributed by atoms with van der Waals surface area (Å²) in [6.45, 7) is 6.08. The minimum Gasteiger partial charge on any atom is -0.393 e. The first-order valence-corrected chi connectivity index (χ1v) is 6.40. The lowest BCUT2D eigenvalue weighted by molar-refractivity contribution is 0.00317. The van der Waals surface area contributed by atoms with Gasteiger partial charge in [0, 0.05) is 12.5 Å². The molecule has 1 aromatic heterocycles. The van der Waals surface area contributed by atoms with Crippen molar-refractivity contribution in [2.24, 2.45) is 0 Å². The lowest BCUT2D eigenvalue weighted by Gasteiger charge is -2.20. The van der Waals surface area contributed by atoms with Gasteiger partial charge in [-0.1, -0.05) is 13.8 Å². The van der Waals surface area contributed by atoms with Crippen molar-refractivity contribution >= 4 is 5.91 Å². The number of rotatable bonds is 5. The van der Waals surface area contributed by atoms with Crippen LogP contribution in [0.1, 0.15) is 48.6 Å². The maximum absolute atomic E-state index is 12.0. The summed E-state index contributed by atoms with van der Waals surface area (Å²) in [5.41, 5.74) is -1.69. The van der Waals surface area contributed by atoms with Crippen molar-refractivity contribution in [1.82, 2.24) is 15.3 Å². The minimum atomic E-state index is -1.43. The van der Waals surface area contributed by atoms with E-state index in [4.69, 9.17) is 5.11 Å². The number of aromatic amines is 1. The van der Waals surface area contributed by atoms with Gasteiger partial charge in [0.25, 0.3) is 11.5 Å². The van der Waals surface area contributed by atoms with Crippen LogP contribution < -0.4 is 10.9 Å². The Morgan fingerprint density at radius 2 is 2.10 bits per heavy atom. The molecule has 0 radical (unpaired) electrons. The maximum Gasteiger partial charge on any atom is 0.264 e. The van der Waals surface area contributed by atoms with Gasteiger partial charge >= 0.3 is 0 Å². The zero-order valence-corrected chi connectivity index (χ0v) is 12.1. The normalized spacial score (nSPS) is 14.2. The van der Waals surface area contributed by atoms with Crippen LogP contribution in [-0.4, -0.2) is 44.8 Å². The van der Waals surface area contributed by atoms with Gasteiger partial charge in [-0.25, -0.2) is 4.98 Å². The number of aliphatic hydroxyl groups excluding tert-OH is 1. The smallest absolute Gasteiger partial charge is 0.264 e. The minimum absolute atomic E-state index is 0.0497. The van der Waals surface area contributed by atoms with Gasteiger partial charge in [0.1, 0.15) is 17.0 Å². The number of aliphatic hydroxyl groups is 2. The number of hydrogen-bond donors (Lipinski definition) is 4. The first kappa shape index (κ1) is 16.3. The SMILES string of the molecule is Cc1nc(C(C)C)[nH]c(=O)c1C(=O)NCC(C)(O)CO. The molecule has 1 atom stereocenters. The quantitative estimate of drug-likeness (QED) is 0.591. The second-order valence-electron chi connectivity index (χ2n) is 5.40. The van der Waals surface area contributed by atoms with Gasteiger partial charge < -0.3 is 20.5 Å². The summed E-state index contributed by atoms with van der Waals surface area (Å²) in [5, 5.41) is 20.9. The van der Waals surface area contributed by atoms with E-state index in [1.165, 1.54) is 6.92 Å². The van der Waals surface area contributed by atoms with Crippen LogP contribution in [-0.2, 0) is 0 Å². The molecular weight excluding hydrogens is 262 g/mol. The summed E-state index contributed by atoms with van der Waals surface area (Å²) in [4.78, 5) is 30.7. The number of aryl methyl sites for hydroxylation is 1. The van der Waals surface area contributed by atoms with E-state index in [1.54, 1.807) is 6.92 Å². The molecule has 1 aromatic rings. The second kappa shape index (κ2) is 6.15. The van der Waals surface area contributed by atoms with E-state index in [0.29, 0.717) is 11.5 Å². The van der Waals surface area contributed by atoms with Crippen LogP contribution in [0.25, 0.3) is 0 Å². The Morgan fingerprint density at radius 1 is 1.50 bits per heavy atom. The zero-order chi connectivity index (χ0) is 15.5. The number of amides is 1. The van der Waals surface area contributed by atoms with Crippen LogP contribution in [0.2, 0.25) is 0 Å². The van der Waals surface area contributed by atoms with Gasteiger partial charge in [0.2, 0.25) is 0 Å². The molecular formula is C13H21N3O4.